The summed E-state index contributed by atoms with van der Waals surface area (Å²) in [4.78, 5) is 30.2. The van der Waals surface area contributed by atoms with Crippen LogP contribution in [0.1, 0.15) is 37.2 Å². The molecule has 114 valence electrons. The zero-order valence-electron chi connectivity index (χ0n) is 12.6. The van der Waals surface area contributed by atoms with Gasteiger partial charge in [0.25, 0.3) is 5.91 Å². The summed E-state index contributed by atoms with van der Waals surface area (Å²) in [5.41, 5.74) is 1.26. The van der Waals surface area contributed by atoms with Crippen molar-refractivity contribution in [3.63, 3.8) is 0 Å². The van der Waals surface area contributed by atoms with Gasteiger partial charge in [0, 0.05) is 31.5 Å². The van der Waals surface area contributed by atoms with Crippen molar-refractivity contribution in [2.24, 2.45) is 0 Å². The highest BCUT2D eigenvalue weighted by Crippen LogP contribution is 2.15. The third-order valence-electron chi connectivity index (χ3n) is 3.54. The molecule has 0 saturated carbocycles. The predicted molar refractivity (Wildman–Crippen MR) is 81.1 cm³/mol. The Kier molecular flexibility index (Phi) is 5.14. The Morgan fingerprint density at radius 3 is 3.05 bits per heavy atom. The van der Waals surface area contributed by atoms with Gasteiger partial charge < -0.3 is 15.5 Å². The monoisotopic (exact) mass is 290 g/mol. The second-order valence-electron chi connectivity index (χ2n) is 5.07. The SMILES string of the molecule is CCCNc1ccnc(C(=O)N2CCNC(=O)C2CC)c1. The van der Waals surface area contributed by atoms with Crippen LogP contribution in [0, 0.1) is 0 Å². The summed E-state index contributed by atoms with van der Waals surface area (Å²) in [5, 5.41) is 6.03. The summed E-state index contributed by atoms with van der Waals surface area (Å²) >= 11 is 0. The van der Waals surface area contributed by atoms with E-state index in [4.69, 9.17) is 0 Å². The van der Waals surface area contributed by atoms with Crippen molar-refractivity contribution >= 4 is 17.5 Å². The van der Waals surface area contributed by atoms with Gasteiger partial charge in [-0.1, -0.05) is 13.8 Å². The van der Waals surface area contributed by atoms with E-state index in [0.29, 0.717) is 25.2 Å². The molecule has 1 aliphatic rings. The minimum absolute atomic E-state index is 0.0858. The number of aromatic nitrogens is 1. The number of anilines is 1. The van der Waals surface area contributed by atoms with Gasteiger partial charge in [0.05, 0.1) is 0 Å². The second-order valence-corrected chi connectivity index (χ2v) is 5.07. The zero-order chi connectivity index (χ0) is 15.2. The Morgan fingerprint density at radius 2 is 2.33 bits per heavy atom. The molecule has 0 aliphatic carbocycles. The van der Waals surface area contributed by atoms with E-state index < -0.39 is 6.04 Å². The Balaban J connectivity index is 2.16. The predicted octanol–water partition coefficient (Wildman–Crippen LogP) is 1.25. The Hall–Kier alpha value is -2.11. The van der Waals surface area contributed by atoms with E-state index in [1.165, 1.54) is 0 Å². The molecule has 1 aromatic rings. The summed E-state index contributed by atoms with van der Waals surface area (Å²) in [6, 6.07) is 3.18. The van der Waals surface area contributed by atoms with Crippen LogP contribution in [-0.4, -0.2) is 47.4 Å². The molecule has 2 N–H and O–H groups in total. The lowest BCUT2D eigenvalue weighted by molar-refractivity contribution is -0.127. The Morgan fingerprint density at radius 1 is 1.52 bits per heavy atom. The molecule has 6 heteroatoms. The van der Waals surface area contributed by atoms with Crippen molar-refractivity contribution < 1.29 is 9.59 Å². The van der Waals surface area contributed by atoms with Gasteiger partial charge in [0.15, 0.2) is 0 Å². The number of amides is 2. The molecule has 1 fully saturated rings. The molecule has 0 spiro atoms. The fourth-order valence-electron chi connectivity index (χ4n) is 2.44. The first-order chi connectivity index (χ1) is 10.2. The summed E-state index contributed by atoms with van der Waals surface area (Å²) in [6.45, 7) is 5.86. The third-order valence-corrected chi connectivity index (χ3v) is 3.54. The van der Waals surface area contributed by atoms with Crippen LogP contribution >= 0.6 is 0 Å². The van der Waals surface area contributed by atoms with Crippen molar-refractivity contribution in [3.05, 3.63) is 24.0 Å². The topological polar surface area (TPSA) is 74.3 Å². The standard InChI is InChI=1S/C15H22N4O2/c1-3-6-16-11-5-7-17-12(10-11)15(21)19-9-8-18-14(20)13(19)4-2/h5,7,10,13H,3-4,6,8-9H2,1-2H3,(H,16,17)(H,18,20). The number of carbonyl (C=O) groups is 2. The van der Waals surface area contributed by atoms with Crippen molar-refractivity contribution in [3.8, 4) is 0 Å². The van der Waals surface area contributed by atoms with Gasteiger partial charge in [0.2, 0.25) is 5.91 Å². The van der Waals surface area contributed by atoms with E-state index in [2.05, 4.69) is 22.5 Å². The molecule has 1 aliphatic heterocycles. The molecule has 6 nitrogen and oxygen atoms in total. The van der Waals surface area contributed by atoms with E-state index in [1.807, 2.05) is 13.0 Å². The molecule has 2 heterocycles. The first-order valence-electron chi connectivity index (χ1n) is 7.46. The van der Waals surface area contributed by atoms with E-state index in [9.17, 15) is 9.59 Å². The fourth-order valence-corrected chi connectivity index (χ4v) is 2.44. The lowest BCUT2D eigenvalue weighted by Crippen LogP contribution is -2.57. The quantitative estimate of drug-likeness (QED) is 0.856. The van der Waals surface area contributed by atoms with Gasteiger partial charge in [-0.05, 0) is 25.0 Å². The van der Waals surface area contributed by atoms with E-state index in [-0.39, 0.29) is 11.8 Å². The van der Waals surface area contributed by atoms with Crippen LogP contribution in [0.15, 0.2) is 18.3 Å². The number of pyridine rings is 1. The minimum Gasteiger partial charge on any atom is -0.385 e. The maximum Gasteiger partial charge on any atom is 0.273 e. The lowest BCUT2D eigenvalue weighted by atomic mass is 10.1. The minimum atomic E-state index is -0.402. The zero-order valence-corrected chi connectivity index (χ0v) is 12.6. The Bertz CT molecular complexity index is 518. The van der Waals surface area contributed by atoms with Crippen LogP contribution in [0.2, 0.25) is 0 Å². The molecule has 2 amide bonds. The molecule has 1 aromatic heterocycles. The number of carbonyl (C=O) groups excluding carboxylic acids is 2. The van der Waals surface area contributed by atoms with Gasteiger partial charge >= 0.3 is 0 Å². The molecule has 0 bridgehead atoms. The summed E-state index contributed by atoms with van der Waals surface area (Å²) in [7, 11) is 0. The van der Waals surface area contributed by atoms with Gasteiger partial charge in [0.1, 0.15) is 11.7 Å². The normalized spacial score (nSPS) is 18.3. The first-order valence-corrected chi connectivity index (χ1v) is 7.46. The second kappa shape index (κ2) is 7.06. The van der Waals surface area contributed by atoms with Crippen LogP contribution in [0.4, 0.5) is 5.69 Å². The maximum atomic E-state index is 12.6. The molecular formula is C15H22N4O2. The smallest absolute Gasteiger partial charge is 0.273 e. The first kappa shape index (κ1) is 15.3. The maximum absolute atomic E-state index is 12.6. The number of nitrogens with zero attached hydrogens (tertiary/aromatic N) is 2. The van der Waals surface area contributed by atoms with Crippen molar-refractivity contribution in [1.29, 1.82) is 0 Å². The fraction of sp³-hybridized carbons (Fsp3) is 0.533. The third kappa shape index (κ3) is 3.51. The number of hydrogen-bond acceptors (Lipinski definition) is 4. The molecule has 1 saturated heterocycles. The number of rotatable bonds is 5. The molecule has 2 rings (SSSR count). The molecule has 1 unspecified atom stereocenters. The van der Waals surface area contributed by atoms with Crippen molar-refractivity contribution in [2.45, 2.75) is 32.7 Å². The Labute approximate surface area is 124 Å². The molecule has 0 aromatic carbocycles. The number of nitrogens with one attached hydrogen (secondary N) is 2. The van der Waals surface area contributed by atoms with Gasteiger partial charge in [-0.2, -0.15) is 0 Å². The molecule has 0 radical (unpaired) electrons. The van der Waals surface area contributed by atoms with Crippen LogP contribution in [-0.2, 0) is 4.79 Å². The van der Waals surface area contributed by atoms with Crippen molar-refractivity contribution in [1.82, 2.24) is 15.2 Å². The van der Waals surface area contributed by atoms with Crippen molar-refractivity contribution in [2.75, 3.05) is 25.0 Å². The number of piperazine rings is 1. The van der Waals surface area contributed by atoms with Crippen LogP contribution < -0.4 is 10.6 Å². The highest BCUT2D eigenvalue weighted by Gasteiger charge is 2.32. The summed E-state index contributed by atoms with van der Waals surface area (Å²) in [6.07, 6.45) is 3.23. The average molecular weight is 290 g/mol. The molecule has 21 heavy (non-hydrogen) atoms. The van der Waals surface area contributed by atoms with Gasteiger partial charge in [-0.15, -0.1) is 0 Å². The number of hydrogen-bond donors (Lipinski definition) is 2. The summed E-state index contributed by atoms with van der Waals surface area (Å²) < 4.78 is 0. The van der Waals surface area contributed by atoms with E-state index in [1.54, 1.807) is 17.2 Å². The summed E-state index contributed by atoms with van der Waals surface area (Å²) in [5.74, 6) is -0.269. The van der Waals surface area contributed by atoms with Gasteiger partial charge in [-0.3, -0.25) is 14.6 Å². The molecular weight excluding hydrogens is 268 g/mol. The van der Waals surface area contributed by atoms with Crippen LogP contribution in [0.25, 0.3) is 0 Å². The van der Waals surface area contributed by atoms with Gasteiger partial charge in [-0.25, -0.2) is 0 Å². The lowest BCUT2D eigenvalue weighted by Gasteiger charge is -2.34. The van der Waals surface area contributed by atoms with Crippen LogP contribution in [0.5, 0.6) is 0 Å². The van der Waals surface area contributed by atoms with E-state index in [0.717, 1.165) is 18.7 Å². The molecule has 1 atom stereocenters. The highest BCUT2D eigenvalue weighted by molar-refractivity contribution is 5.97. The van der Waals surface area contributed by atoms with Crippen LogP contribution in [0.3, 0.4) is 0 Å². The van der Waals surface area contributed by atoms with E-state index >= 15 is 0 Å². The highest BCUT2D eigenvalue weighted by atomic mass is 16.2. The largest absolute Gasteiger partial charge is 0.385 e. The average Bonchev–Trinajstić information content (AvgIpc) is 2.52.